The van der Waals surface area contributed by atoms with Crippen molar-refractivity contribution >= 4 is 34.8 Å². The first-order valence-electron chi connectivity index (χ1n) is 6.32. The normalized spacial score (nSPS) is 10.6. The number of aromatic amines is 1. The SMILES string of the molecule is O=c1[nH]c(Nc2ccc(Cl)c(Cl)c2)nnc1Cc1ccco1. The molecule has 1 aromatic carbocycles. The van der Waals surface area contributed by atoms with Crippen LogP contribution < -0.4 is 10.9 Å². The van der Waals surface area contributed by atoms with Gasteiger partial charge in [-0.2, -0.15) is 0 Å². The van der Waals surface area contributed by atoms with Gasteiger partial charge in [-0.3, -0.25) is 9.78 Å². The average Bonchev–Trinajstić information content (AvgIpc) is 2.99. The molecule has 0 radical (unpaired) electrons. The molecule has 2 heterocycles. The van der Waals surface area contributed by atoms with Crippen molar-refractivity contribution in [2.24, 2.45) is 0 Å². The smallest absolute Gasteiger partial charge is 0.274 e. The molecular weight excluding hydrogens is 327 g/mol. The fourth-order valence-electron chi connectivity index (χ4n) is 1.82. The zero-order valence-electron chi connectivity index (χ0n) is 11.1. The van der Waals surface area contributed by atoms with Crippen LogP contribution in [0.15, 0.2) is 45.8 Å². The maximum atomic E-state index is 12.0. The van der Waals surface area contributed by atoms with Crippen molar-refractivity contribution in [3.63, 3.8) is 0 Å². The van der Waals surface area contributed by atoms with E-state index >= 15 is 0 Å². The first-order valence-corrected chi connectivity index (χ1v) is 7.08. The number of benzene rings is 1. The lowest BCUT2D eigenvalue weighted by molar-refractivity contribution is 0.517. The molecule has 0 bridgehead atoms. The maximum Gasteiger partial charge on any atom is 0.274 e. The molecule has 0 aliphatic heterocycles. The van der Waals surface area contributed by atoms with Gasteiger partial charge in [-0.15, -0.1) is 10.2 Å². The molecule has 0 spiro atoms. The number of halogens is 2. The molecule has 0 fully saturated rings. The Morgan fingerprint density at radius 3 is 2.73 bits per heavy atom. The van der Waals surface area contributed by atoms with Crippen molar-refractivity contribution in [2.45, 2.75) is 6.42 Å². The van der Waals surface area contributed by atoms with Crippen LogP contribution in [-0.2, 0) is 6.42 Å². The lowest BCUT2D eigenvalue weighted by atomic mass is 10.2. The Morgan fingerprint density at radius 1 is 1.18 bits per heavy atom. The monoisotopic (exact) mass is 336 g/mol. The van der Waals surface area contributed by atoms with Crippen LogP contribution >= 0.6 is 23.2 Å². The number of anilines is 2. The van der Waals surface area contributed by atoms with Crippen molar-refractivity contribution in [1.82, 2.24) is 15.2 Å². The summed E-state index contributed by atoms with van der Waals surface area (Å²) in [6, 6.07) is 8.49. The molecule has 6 nitrogen and oxygen atoms in total. The first kappa shape index (κ1) is 14.6. The Hall–Kier alpha value is -2.31. The van der Waals surface area contributed by atoms with Gasteiger partial charge in [-0.05, 0) is 30.3 Å². The van der Waals surface area contributed by atoms with Crippen LogP contribution in [0, 0.1) is 0 Å². The van der Waals surface area contributed by atoms with Crippen LogP contribution in [-0.4, -0.2) is 15.2 Å². The highest BCUT2D eigenvalue weighted by atomic mass is 35.5. The Bertz CT molecular complexity index is 846. The number of hydrogen-bond acceptors (Lipinski definition) is 5. The fraction of sp³-hybridized carbons (Fsp3) is 0.0714. The van der Waals surface area contributed by atoms with Crippen LogP contribution in [0.25, 0.3) is 0 Å². The molecule has 2 N–H and O–H groups in total. The lowest BCUT2D eigenvalue weighted by Crippen LogP contribution is -2.18. The number of rotatable bonds is 4. The Morgan fingerprint density at radius 2 is 2.05 bits per heavy atom. The quantitative estimate of drug-likeness (QED) is 0.762. The third-order valence-electron chi connectivity index (χ3n) is 2.87. The molecule has 0 amide bonds. The molecule has 0 atom stereocenters. The highest BCUT2D eigenvalue weighted by molar-refractivity contribution is 6.42. The molecule has 0 aliphatic carbocycles. The predicted octanol–water partition coefficient (Wildman–Crippen LogP) is 3.40. The van der Waals surface area contributed by atoms with Gasteiger partial charge in [0.2, 0.25) is 5.95 Å². The minimum atomic E-state index is -0.339. The summed E-state index contributed by atoms with van der Waals surface area (Å²) in [6.45, 7) is 0. The standard InChI is InChI=1S/C14H10Cl2N4O2/c15-10-4-3-8(6-11(10)16)17-14-18-13(21)12(19-20-14)7-9-2-1-5-22-9/h1-6H,7H2,(H2,17,18,20,21). The van der Waals surface area contributed by atoms with Gasteiger partial charge < -0.3 is 9.73 Å². The Labute approximate surface area is 135 Å². The topological polar surface area (TPSA) is 83.8 Å². The van der Waals surface area contributed by atoms with E-state index in [9.17, 15) is 4.79 Å². The molecule has 8 heteroatoms. The maximum absolute atomic E-state index is 12.0. The van der Waals surface area contributed by atoms with Gasteiger partial charge in [0.1, 0.15) is 11.5 Å². The molecule has 0 saturated carbocycles. The predicted molar refractivity (Wildman–Crippen MR) is 83.9 cm³/mol. The molecular formula is C14H10Cl2N4O2. The highest BCUT2D eigenvalue weighted by Crippen LogP contribution is 2.25. The molecule has 22 heavy (non-hydrogen) atoms. The summed E-state index contributed by atoms with van der Waals surface area (Å²) in [7, 11) is 0. The van der Waals surface area contributed by atoms with E-state index in [1.54, 1.807) is 30.3 Å². The Balaban J connectivity index is 1.79. The van der Waals surface area contributed by atoms with E-state index in [-0.39, 0.29) is 23.6 Å². The highest BCUT2D eigenvalue weighted by Gasteiger charge is 2.08. The van der Waals surface area contributed by atoms with Crippen molar-refractivity contribution < 1.29 is 4.42 Å². The van der Waals surface area contributed by atoms with E-state index in [4.69, 9.17) is 27.6 Å². The molecule has 2 aromatic heterocycles. The van der Waals surface area contributed by atoms with E-state index in [1.165, 1.54) is 6.26 Å². The molecule has 112 valence electrons. The summed E-state index contributed by atoms with van der Waals surface area (Å²) < 4.78 is 5.18. The molecule has 0 unspecified atom stereocenters. The van der Waals surface area contributed by atoms with E-state index in [1.807, 2.05) is 0 Å². The van der Waals surface area contributed by atoms with E-state index in [2.05, 4.69) is 20.5 Å². The van der Waals surface area contributed by atoms with Crippen LogP contribution in [0.3, 0.4) is 0 Å². The summed E-state index contributed by atoms with van der Waals surface area (Å²) in [6.07, 6.45) is 1.82. The van der Waals surface area contributed by atoms with Crippen LogP contribution in [0.4, 0.5) is 11.6 Å². The van der Waals surface area contributed by atoms with Gasteiger partial charge in [0, 0.05) is 5.69 Å². The number of aromatic nitrogens is 3. The summed E-state index contributed by atoms with van der Waals surface area (Å²) in [5.41, 5.74) is 0.571. The third kappa shape index (κ3) is 3.29. The van der Waals surface area contributed by atoms with Gasteiger partial charge in [0.05, 0.1) is 22.7 Å². The van der Waals surface area contributed by atoms with Crippen LogP contribution in [0.5, 0.6) is 0 Å². The molecule has 3 rings (SSSR count). The van der Waals surface area contributed by atoms with Gasteiger partial charge in [-0.1, -0.05) is 23.2 Å². The van der Waals surface area contributed by atoms with Crippen molar-refractivity contribution in [2.75, 3.05) is 5.32 Å². The van der Waals surface area contributed by atoms with Crippen molar-refractivity contribution in [1.29, 1.82) is 0 Å². The summed E-state index contributed by atoms with van der Waals surface area (Å²) >= 11 is 11.8. The largest absolute Gasteiger partial charge is 0.469 e. The lowest BCUT2D eigenvalue weighted by Gasteiger charge is -2.06. The number of nitrogens with one attached hydrogen (secondary N) is 2. The third-order valence-corrected chi connectivity index (χ3v) is 3.61. The number of hydrogen-bond donors (Lipinski definition) is 2. The number of nitrogens with zero attached hydrogens (tertiary/aromatic N) is 2. The minimum Gasteiger partial charge on any atom is -0.469 e. The fourth-order valence-corrected chi connectivity index (χ4v) is 2.12. The number of furan rings is 1. The van der Waals surface area contributed by atoms with Gasteiger partial charge in [0.15, 0.2) is 0 Å². The second-order valence-electron chi connectivity index (χ2n) is 4.46. The molecule has 0 aliphatic rings. The van der Waals surface area contributed by atoms with Gasteiger partial charge in [-0.25, -0.2) is 0 Å². The summed E-state index contributed by atoms with van der Waals surface area (Å²) in [5.74, 6) is 0.858. The zero-order chi connectivity index (χ0) is 15.5. The zero-order valence-corrected chi connectivity index (χ0v) is 12.6. The summed E-state index contributed by atoms with van der Waals surface area (Å²) in [4.78, 5) is 14.6. The van der Waals surface area contributed by atoms with E-state index in [0.29, 0.717) is 21.5 Å². The second kappa shape index (κ2) is 6.21. The van der Waals surface area contributed by atoms with E-state index < -0.39 is 0 Å². The summed E-state index contributed by atoms with van der Waals surface area (Å²) in [5, 5.41) is 11.6. The van der Waals surface area contributed by atoms with E-state index in [0.717, 1.165) is 0 Å². The van der Waals surface area contributed by atoms with Crippen molar-refractivity contribution in [3.8, 4) is 0 Å². The molecule has 0 saturated heterocycles. The second-order valence-corrected chi connectivity index (χ2v) is 5.27. The number of H-pyrrole nitrogens is 1. The van der Waals surface area contributed by atoms with Crippen LogP contribution in [0.1, 0.15) is 11.5 Å². The average molecular weight is 337 g/mol. The minimum absolute atomic E-state index is 0.214. The molecule has 3 aromatic rings. The van der Waals surface area contributed by atoms with Crippen LogP contribution in [0.2, 0.25) is 10.0 Å². The van der Waals surface area contributed by atoms with Crippen molar-refractivity contribution in [3.05, 3.63) is 68.4 Å². The Kier molecular flexibility index (Phi) is 4.13. The first-order chi connectivity index (χ1) is 10.6. The van der Waals surface area contributed by atoms with Gasteiger partial charge in [0.25, 0.3) is 5.56 Å². The van der Waals surface area contributed by atoms with Gasteiger partial charge >= 0.3 is 0 Å².